The second-order valence-electron chi connectivity index (χ2n) is 5.62. The quantitative estimate of drug-likeness (QED) is 0.685. The molecule has 0 radical (unpaired) electrons. The van der Waals surface area contributed by atoms with Crippen molar-refractivity contribution in [2.24, 2.45) is 0 Å². The topological polar surface area (TPSA) is 58.2 Å². The van der Waals surface area contributed by atoms with Crippen LogP contribution in [0.1, 0.15) is 56.3 Å². The molecule has 0 fully saturated rings. The fourth-order valence-corrected chi connectivity index (χ4v) is 2.20. The lowest BCUT2D eigenvalue weighted by atomic mass is 10.1. The fraction of sp³-hybridized carbons (Fsp3) is 0.529. The van der Waals surface area contributed by atoms with Gasteiger partial charge in [-0.2, -0.15) is 0 Å². The lowest BCUT2D eigenvalue weighted by Crippen LogP contribution is -2.41. The summed E-state index contributed by atoms with van der Waals surface area (Å²) in [7, 11) is 0. The van der Waals surface area contributed by atoms with Crippen molar-refractivity contribution in [2.45, 2.75) is 52.0 Å². The first-order chi connectivity index (χ1) is 10.9. The largest absolute Gasteiger partial charge is 0.352 e. The number of amides is 2. The van der Waals surface area contributed by atoms with Crippen molar-refractivity contribution in [1.82, 2.24) is 10.6 Å². The summed E-state index contributed by atoms with van der Waals surface area (Å²) in [6, 6.07) is 2.71. The molecular weight excluding hydrogens is 302 g/mol. The Morgan fingerprint density at radius 1 is 1.17 bits per heavy atom. The standard InChI is InChI=1S/C17H24F2N2O2/c1-3-4-5-6-7-12(2)21-16(22)11-20-17(23)14-9-8-13(18)10-15(14)19/h8-10,12H,3-7,11H2,1-2H3,(H,20,23)(H,21,22). The molecule has 1 aromatic carbocycles. The molecule has 0 aliphatic heterocycles. The Morgan fingerprint density at radius 3 is 2.57 bits per heavy atom. The summed E-state index contributed by atoms with van der Waals surface area (Å²) in [6.07, 6.45) is 5.40. The Balaban J connectivity index is 2.33. The van der Waals surface area contributed by atoms with E-state index < -0.39 is 17.5 Å². The number of benzene rings is 1. The molecule has 0 spiro atoms. The van der Waals surface area contributed by atoms with Crippen LogP contribution in [-0.2, 0) is 4.79 Å². The molecule has 0 bridgehead atoms. The van der Waals surface area contributed by atoms with Crippen molar-refractivity contribution in [1.29, 1.82) is 0 Å². The summed E-state index contributed by atoms with van der Waals surface area (Å²) in [5.74, 6) is -2.78. The van der Waals surface area contributed by atoms with Crippen LogP contribution in [0.25, 0.3) is 0 Å². The zero-order valence-electron chi connectivity index (χ0n) is 13.6. The Morgan fingerprint density at radius 2 is 1.91 bits per heavy atom. The minimum absolute atomic E-state index is 0.0267. The zero-order chi connectivity index (χ0) is 17.2. The smallest absolute Gasteiger partial charge is 0.254 e. The second kappa shape index (κ2) is 9.92. The van der Waals surface area contributed by atoms with Gasteiger partial charge in [0, 0.05) is 12.1 Å². The third-order valence-electron chi connectivity index (χ3n) is 3.48. The first-order valence-electron chi connectivity index (χ1n) is 7.96. The van der Waals surface area contributed by atoms with Crippen molar-refractivity contribution >= 4 is 11.8 Å². The van der Waals surface area contributed by atoms with Gasteiger partial charge in [-0.15, -0.1) is 0 Å². The molecular formula is C17H24F2N2O2. The molecule has 2 amide bonds. The summed E-state index contributed by atoms with van der Waals surface area (Å²) in [6.45, 7) is 3.80. The number of rotatable bonds is 9. The highest BCUT2D eigenvalue weighted by Gasteiger charge is 2.14. The molecule has 0 heterocycles. The van der Waals surface area contributed by atoms with Gasteiger partial charge >= 0.3 is 0 Å². The van der Waals surface area contributed by atoms with Crippen LogP contribution in [0.4, 0.5) is 8.78 Å². The van der Waals surface area contributed by atoms with Gasteiger partial charge in [0.25, 0.3) is 5.91 Å². The van der Waals surface area contributed by atoms with Gasteiger partial charge in [-0.05, 0) is 25.5 Å². The predicted octanol–water partition coefficient (Wildman–Crippen LogP) is 3.17. The molecule has 1 rings (SSSR count). The number of hydrogen-bond acceptors (Lipinski definition) is 2. The second-order valence-corrected chi connectivity index (χ2v) is 5.62. The lowest BCUT2D eigenvalue weighted by molar-refractivity contribution is -0.120. The average molecular weight is 326 g/mol. The number of nitrogens with one attached hydrogen (secondary N) is 2. The molecule has 1 atom stereocenters. The van der Waals surface area contributed by atoms with Crippen molar-refractivity contribution < 1.29 is 18.4 Å². The molecule has 1 unspecified atom stereocenters. The average Bonchev–Trinajstić information content (AvgIpc) is 2.49. The van der Waals surface area contributed by atoms with Crippen LogP contribution in [0, 0.1) is 11.6 Å². The maximum absolute atomic E-state index is 13.4. The Bertz CT molecular complexity index is 535. The van der Waals surface area contributed by atoms with Crippen molar-refractivity contribution in [3.05, 3.63) is 35.4 Å². The molecule has 23 heavy (non-hydrogen) atoms. The summed E-state index contributed by atoms with van der Waals surface area (Å²) in [5, 5.41) is 5.11. The molecule has 128 valence electrons. The van der Waals surface area contributed by atoms with E-state index in [2.05, 4.69) is 17.6 Å². The van der Waals surface area contributed by atoms with Crippen LogP contribution >= 0.6 is 0 Å². The van der Waals surface area contributed by atoms with E-state index >= 15 is 0 Å². The number of halogens is 2. The molecule has 4 nitrogen and oxygen atoms in total. The third-order valence-corrected chi connectivity index (χ3v) is 3.48. The molecule has 6 heteroatoms. The predicted molar refractivity (Wildman–Crippen MR) is 85.1 cm³/mol. The first-order valence-corrected chi connectivity index (χ1v) is 7.96. The van der Waals surface area contributed by atoms with E-state index in [9.17, 15) is 18.4 Å². The Labute approximate surface area is 135 Å². The number of carbonyl (C=O) groups is 2. The maximum atomic E-state index is 13.4. The molecule has 2 N–H and O–H groups in total. The van der Waals surface area contributed by atoms with E-state index in [0.29, 0.717) is 6.07 Å². The van der Waals surface area contributed by atoms with Crippen molar-refractivity contribution in [2.75, 3.05) is 6.54 Å². The number of hydrogen-bond donors (Lipinski definition) is 2. The normalized spacial score (nSPS) is 11.8. The minimum Gasteiger partial charge on any atom is -0.352 e. The van der Waals surface area contributed by atoms with Crippen molar-refractivity contribution in [3.8, 4) is 0 Å². The van der Waals surface area contributed by atoms with Crippen LogP contribution in [-0.4, -0.2) is 24.4 Å². The Kier molecular flexibility index (Phi) is 8.22. The summed E-state index contributed by atoms with van der Waals surface area (Å²) < 4.78 is 26.2. The van der Waals surface area contributed by atoms with Gasteiger partial charge < -0.3 is 10.6 Å². The van der Waals surface area contributed by atoms with Crippen LogP contribution in [0.2, 0.25) is 0 Å². The molecule has 0 aliphatic rings. The molecule has 1 aromatic rings. The molecule has 0 aliphatic carbocycles. The van der Waals surface area contributed by atoms with Gasteiger partial charge in [-0.25, -0.2) is 8.78 Å². The highest BCUT2D eigenvalue weighted by molar-refractivity contribution is 5.96. The van der Waals surface area contributed by atoms with Crippen molar-refractivity contribution in [3.63, 3.8) is 0 Å². The number of unbranched alkanes of at least 4 members (excludes halogenated alkanes) is 3. The van der Waals surface area contributed by atoms with E-state index in [1.165, 1.54) is 6.42 Å². The highest BCUT2D eigenvalue weighted by atomic mass is 19.1. The van der Waals surface area contributed by atoms with Gasteiger partial charge in [0.15, 0.2) is 0 Å². The minimum atomic E-state index is -0.952. The van der Waals surface area contributed by atoms with Gasteiger partial charge in [-0.3, -0.25) is 9.59 Å². The monoisotopic (exact) mass is 326 g/mol. The van der Waals surface area contributed by atoms with Crippen LogP contribution in [0.5, 0.6) is 0 Å². The molecule has 0 saturated heterocycles. The molecule has 0 aromatic heterocycles. The van der Waals surface area contributed by atoms with E-state index in [1.807, 2.05) is 6.92 Å². The highest BCUT2D eigenvalue weighted by Crippen LogP contribution is 2.09. The van der Waals surface area contributed by atoms with Gasteiger partial charge in [-0.1, -0.05) is 32.6 Å². The van der Waals surface area contributed by atoms with Gasteiger partial charge in [0.1, 0.15) is 11.6 Å². The van der Waals surface area contributed by atoms with E-state index in [4.69, 9.17) is 0 Å². The van der Waals surface area contributed by atoms with Gasteiger partial charge in [0.05, 0.1) is 12.1 Å². The zero-order valence-corrected chi connectivity index (χ0v) is 13.6. The first kappa shape index (κ1) is 19.1. The lowest BCUT2D eigenvalue weighted by Gasteiger charge is -2.14. The van der Waals surface area contributed by atoms with Crippen LogP contribution in [0.3, 0.4) is 0 Å². The summed E-state index contributed by atoms with van der Waals surface area (Å²) >= 11 is 0. The third kappa shape index (κ3) is 7.21. The fourth-order valence-electron chi connectivity index (χ4n) is 2.20. The summed E-state index contributed by atoms with van der Waals surface area (Å²) in [4.78, 5) is 23.5. The molecule has 0 saturated carbocycles. The maximum Gasteiger partial charge on any atom is 0.254 e. The number of carbonyl (C=O) groups excluding carboxylic acids is 2. The Hall–Kier alpha value is -1.98. The van der Waals surface area contributed by atoms with E-state index in [1.54, 1.807) is 0 Å². The van der Waals surface area contributed by atoms with Crippen LogP contribution < -0.4 is 10.6 Å². The van der Waals surface area contributed by atoms with Crippen LogP contribution in [0.15, 0.2) is 18.2 Å². The van der Waals surface area contributed by atoms with Gasteiger partial charge in [0.2, 0.25) is 5.91 Å². The SMILES string of the molecule is CCCCCCC(C)NC(=O)CNC(=O)c1ccc(F)cc1F. The van der Waals surface area contributed by atoms with E-state index in [0.717, 1.165) is 37.8 Å². The summed E-state index contributed by atoms with van der Waals surface area (Å²) in [5.41, 5.74) is -0.285. The van der Waals surface area contributed by atoms with E-state index in [-0.39, 0.29) is 24.1 Å².